The van der Waals surface area contributed by atoms with Crippen LogP contribution in [0.3, 0.4) is 0 Å². The Bertz CT molecular complexity index is 520. The van der Waals surface area contributed by atoms with E-state index in [0.29, 0.717) is 30.6 Å². The van der Waals surface area contributed by atoms with E-state index in [-0.39, 0.29) is 12.0 Å². The number of hydrogen-bond donors (Lipinski definition) is 1. The van der Waals surface area contributed by atoms with Crippen molar-refractivity contribution >= 4 is 0 Å². The topological polar surface area (TPSA) is 92.0 Å². The number of aromatic nitrogens is 4. The second kappa shape index (κ2) is 3.94. The molecular weight excluding hydrogens is 222 g/mol. The number of aryl methyl sites for hydroxylation is 1. The van der Waals surface area contributed by atoms with E-state index in [4.69, 9.17) is 15.0 Å². The molecule has 3 rings (SSSR count). The number of hydrogen-bond acceptors (Lipinski definition) is 6. The molecule has 0 saturated carbocycles. The van der Waals surface area contributed by atoms with Crippen LogP contribution in [0.15, 0.2) is 16.8 Å². The fourth-order valence-electron chi connectivity index (χ4n) is 1.85. The lowest BCUT2D eigenvalue weighted by atomic mass is 10.1. The average Bonchev–Trinajstić information content (AvgIpc) is 2.97. The van der Waals surface area contributed by atoms with Gasteiger partial charge in [-0.2, -0.15) is 10.1 Å². The molecule has 0 spiro atoms. The predicted octanol–water partition coefficient (Wildman–Crippen LogP) is -0.0888. The fraction of sp³-hybridized carbons (Fsp3) is 0.500. The lowest BCUT2D eigenvalue weighted by molar-refractivity contribution is 0.187. The van der Waals surface area contributed by atoms with Crippen LogP contribution >= 0.6 is 0 Å². The van der Waals surface area contributed by atoms with E-state index in [1.165, 1.54) is 0 Å². The van der Waals surface area contributed by atoms with E-state index < -0.39 is 0 Å². The van der Waals surface area contributed by atoms with Gasteiger partial charge in [0.15, 0.2) is 0 Å². The van der Waals surface area contributed by atoms with Gasteiger partial charge in [0.05, 0.1) is 19.1 Å². The summed E-state index contributed by atoms with van der Waals surface area (Å²) in [5.74, 6) is 0.996. The summed E-state index contributed by atoms with van der Waals surface area (Å²) in [5.41, 5.74) is 6.58. The molecule has 90 valence electrons. The number of nitrogens with two attached hydrogens (primary N) is 1. The maximum Gasteiger partial charge on any atom is 0.234 e. The summed E-state index contributed by atoms with van der Waals surface area (Å²) in [7, 11) is 1.84. The van der Waals surface area contributed by atoms with Crippen molar-refractivity contribution in [1.82, 2.24) is 19.9 Å². The summed E-state index contributed by atoms with van der Waals surface area (Å²) in [6, 6.07) is 1.76. The maximum absolute atomic E-state index is 5.89. The van der Waals surface area contributed by atoms with E-state index in [1.807, 2.05) is 19.3 Å². The highest BCUT2D eigenvalue weighted by molar-refractivity contribution is 5.46. The largest absolute Gasteiger partial charge is 0.379 e. The summed E-state index contributed by atoms with van der Waals surface area (Å²) >= 11 is 0. The molecule has 2 aromatic heterocycles. The van der Waals surface area contributed by atoms with Crippen LogP contribution in [-0.4, -0.2) is 39.2 Å². The molecule has 7 heteroatoms. The van der Waals surface area contributed by atoms with Gasteiger partial charge in [-0.05, 0) is 6.07 Å². The molecule has 0 amide bonds. The van der Waals surface area contributed by atoms with Crippen LogP contribution in [0.4, 0.5) is 0 Å². The molecule has 2 atom stereocenters. The van der Waals surface area contributed by atoms with Gasteiger partial charge in [-0.15, -0.1) is 0 Å². The Morgan fingerprint density at radius 2 is 2.35 bits per heavy atom. The highest BCUT2D eigenvalue weighted by Gasteiger charge is 2.31. The Kier molecular flexibility index (Phi) is 2.41. The van der Waals surface area contributed by atoms with Crippen LogP contribution in [0.1, 0.15) is 11.8 Å². The van der Waals surface area contributed by atoms with Gasteiger partial charge in [0.25, 0.3) is 0 Å². The van der Waals surface area contributed by atoms with Gasteiger partial charge >= 0.3 is 0 Å². The van der Waals surface area contributed by atoms with Crippen molar-refractivity contribution < 1.29 is 9.26 Å². The zero-order valence-electron chi connectivity index (χ0n) is 9.41. The molecule has 17 heavy (non-hydrogen) atoms. The molecule has 1 aliphatic rings. The molecule has 7 nitrogen and oxygen atoms in total. The molecule has 0 aliphatic carbocycles. The normalized spacial score (nSPS) is 24.4. The summed E-state index contributed by atoms with van der Waals surface area (Å²) in [6.45, 7) is 1.07. The van der Waals surface area contributed by atoms with Gasteiger partial charge in [0.1, 0.15) is 5.69 Å². The molecule has 1 fully saturated rings. The summed E-state index contributed by atoms with van der Waals surface area (Å²) in [5, 5.41) is 8.11. The Hall–Kier alpha value is -1.73. The van der Waals surface area contributed by atoms with Crippen LogP contribution in [0.25, 0.3) is 11.5 Å². The van der Waals surface area contributed by atoms with Crippen LogP contribution < -0.4 is 5.73 Å². The second-order valence-corrected chi connectivity index (χ2v) is 4.14. The minimum absolute atomic E-state index is 0.0139. The minimum Gasteiger partial charge on any atom is -0.379 e. The second-order valence-electron chi connectivity index (χ2n) is 4.14. The Morgan fingerprint density at radius 3 is 3.00 bits per heavy atom. The summed E-state index contributed by atoms with van der Waals surface area (Å²) < 4.78 is 12.2. The smallest absolute Gasteiger partial charge is 0.234 e. The standard InChI is InChI=1S/C10H13N5O2/c1-15-3-2-8(13-15)9-12-10(17-14-9)6-4-16-5-7(6)11/h2-3,6-7H,4-5,11H2,1H3. The first-order valence-electron chi connectivity index (χ1n) is 5.41. The van der Waals surface area contributed by atoms with E-state index in [2.05, 4.69) is 15.2 Å². The van der Waals surface area contributed by atoms with Crippen molar-refractivity contribution in [2.45, 2.75) is 12.0 Å². The summed E-state index contributed by atoms with van der Waals surface area (Å²) in [4.78, 5) is 4.31. The molecule has 2 aromatic rings. The van der Waals surface area contributed by atoms with Crippen LogP contribution in [0, 0.1) is 0 Å². The Morgan fingerprint density at radius 1 is 1.47 bits per heavy atom. The van der Waals surface area contributed by atoms with Gasteiger partial charge in [0.2, 0.25) is 11.7 Å². The third-order valence-electron chi connectivity index (χ3n) is 2.83. The first-order valence-corrected chi connectivity index (χ1v) is 5.41. The van der Waals surface area contributed by atoms with Gasteiger partial charge in [-0.25, -0.2) is 0 Å². The highest BCUT2D eigenvalue weighted by atomic mass is 16.5. The minimum atomic E-state index is -0.0768. The zero-order chi connectivity index (χ0) is 11.8. The fourth-order valence-corrected chi connectivity index (χ4v) is 1.85. The molecule has 1 aliphatic heterocycles. The number of ether oxygens (including phenoxy) is 1. The quantitative estimate of drug-likeness (QED) is 0.782. The molecule has 1 saturated heterocycles. The lowest BCUT2D eigenvalue weighted by Gasteiger charge is -2.05. The van der Waals surface area contributed by atoms with Crippen LogP contribution in [-0.2, 0) is 11.8 Å². The molecule has 0 radical (unpaired) electrons. The van der Waals surface area contributed by atoms with Crippen molar-refractivity contribution in [3.8, 4) is 11.5 Å². The first kappa shape index (κ1) is 10.4. The summed E-state index contributed by atoms with van der Waals surface area (Å²) in [6.07, 6.45) is 1.83. The van der Waals surface area contributed by atoms with Gasteiger partial charge in [-0.3, -0.25) is 4.68 Å². The van der Waals surface area contributed by atoms with Crippen LogP contribution in [0.5, 0.6) is 0 Å². The van der Waals surface area contributed by atoms with Crippen molar-refractivity contribution in [2.75, 3.05) is 13.2 Å². The van der Waals surface area contributed by atoms with Gasteiger partial charge in [-0.1, -0.05) is 5.16 Å². The monoisotopic (exact) mass is 235 g/mol. The van der Waals surface area contributed by atoms with E-state index in [9.17, 15) is 0 Å². The Labute approximate surface area is 97.6 Å². The molecular formula is C10H13N5O2. The van der Waals surface area contributed by atoms with E-state index >= 15 is 0 Å². The molecule has 2 N–H and O–H groups in total. The van der Waals surface area contributed by atoms with Crippen molar-refractivity contribution in [3.63, 3.8) is 0 Å². The SMILES string of the molecule is Cn1ccc(-c2noc(C3COCC3N)n2)n1. The van der Waals surface area contributed by atoms with Crippen molar-refractivity contribution in [3.05, 3.63) is 18.2 Å². The first-order chi connectivity index (χ1) is 8.24. The maximum atomic E-state index is 5.89. The third-order valence-corrected chi connectivity index (χ3v) is 2.83. The van der Waals surface area contributed by atoms with Gasteiger partial charge in [0, 0.05) is 19.3 Å². The average molecular weight is 235 g/mol. The molecule has 2 unspecified atom stereocenters. The highest BCUT2D eigenvalue weighted by Crippen LogP contribution is 2.24. The Balaban J connectivity index is 1.87. The third kappa shape index (κ3) is 1.83. The van der Waals surface area contributed by atoms with Crippen molar-refractivity contribution in [1.29, 1.82) is 0 Å². The van der Waals surface area contributed by atoms with Crippen molar-refractivity contribution in [2.24, 2.45) is 12.8 Å². The van der Waals surface area contributed by atoms with E-state index in [0.717, 1.165) is 0 Å². The van der Waals surface area contributed by atoms with E-state index in [1.54, 1.807) is 4.68 Å². The number of rotatable bonds is 2. The number of nitrogens with zero attached hydrogens (tertiary/aromatic N) is 4. The zero-order valence-corrected chi connectivity index (χ0v) is 9.41. The lowest BCUT2D eigenvalue weighted by Crippen LogP contribution is -2.26. The van der Waals surface area contributed by atoms with Gasteiger partial charge < -0.3 is 15.0 Å². The molecule has 0 bridgehead atoms. The van der Waals surface area contributed by atoms with Crippen LogP contribution in [0.2, 0.25) is 0 Å². The molecule has 0 aromatic carbocycles. The predicted molar refractivity (Wildman–Crippen MR) is 58.0 cm³/mol. The molecule has 3 heterocycles.